The topological polar surface area (TPSA) is 29.1 Å². The van der Waals surface area contributed by atoms with Gasteiger partial charge in [-0.1, -0.05) is 54.6 Å². The summed E-state index contributed by atoms with van der Waals surface area (Å²) < 4.78 is 0. The molecule has 0 unspecified atom stereocenters. The maximum Gasteiger partial charge on any atom is 0.244 e. The molecule has 1 N–H and O–H groups in total. The Morgan fingerprint density at radius 2 is 1.83 bits per heavy atom. The van der Waals surface area contributed by atoms with Crippen LogP contribution in [0.3, 0.4) is 0 Å². The van der Waals surface area contributed by atoms with Crippen LogP contribution in [0.1, 0.15) is 29.5 Å². The summed E-state index contributed by atoms with van der Waals surface area (Å²) in [6.45, 7) is 0. The number of benzene rings is 2. The summed E-state index contributed by atoms with van der Waals surface area (Å²) in [6, 6.07) is 15.6. The first-order valence-electron chi connectivity index (χ1n) is 8.16. The van der Waals surface area contributed by atoms with Crippen molar-refractivity contribution in [2.45, 2.75) is 25.3 Å². The fourth-order valence-corrected chi connectivity index (χ4v) is 3.03. The molecule has 2 aliphatic rings. The summed E-state index contributed by atoms with van der Waals surface area (Å²) in [5.41, 5.74) is 6.63. The number of fused-ring (bicyclic) bond motifs is 3. The van der Waals surface area contributed by atoms with Crippen molar-refractivity contribution in [3.63, 3.8) is 0 Å². The number of allylic oxidation sites excluding steroid dienone is 2. The van der Waals surface area contributed by atoms with E-state index in [2.05, 4.69) is 47.8 Å². The van der Waals surface area contributed by atoms with E-state index in [-0.39, 0.29) is 5.91 Å². The normalized spacial score (nSPS) is 15.8. The third-order valence-corrected chi connectivity index (χ3v) is 4.39. The fourth-order valence-electron chi connectivity index (χ4n) is 3.03. The maximum absolute atomic E-state index is 11.6. The molecule has 1 amide bonds. The van der Waals surface area contributed by atoms with Crippen LogP contribution in [-0.2, 0) is 11.2 Å². The molecule has 4 rings (SSSR count). The second kappa shape index (κ2) is 5.88. The van der Waals surface area contributed by atoms with Gasteiger partial charge in [0, 0.05) is 12.1 Å². The van der Waals surface area contributed by atoms with E-state index < -0.39 is 0 Å². The lowest BCUT2D eigenvalue weighted by Gasteiger charge is -2.02. The van der Waals surface area contributed by atoms with Crippen molar-refractivity contribution in [3.05, 3.63) is 77.4 Å². The number of amides is 1. The van der Waals surface area contributed by atoms with Gasteiger partial charge in [-0.25, -0.2) is 0 Å². The number of rotatable bonds is 4. The molecule has 2 nitrogen and oxygen atoms in total. The molecule has 1 fully saturated rings. The minimum Gasteiger partial charge on any atom is -0.350 e. The Labute approximate surface area is 136 Å². The van der Waals surface area contributed by atoms with Crippen molar-refractivity contribution in [3.8, 4) is 11.1 Å². The number of carbonyl (C=O) groups excluding carboxylic acids is 1. The van der Waals surface area contributed by atoms with Crippen LogP contribution in [0.4, 0.5) is 0 Å². The zero-order valence-corrected chi connectivity index (χ0v) is 13.0. The largest absolute Gasteiger partial charge is 0.350 e. The number of hydrogen-bond acceptors (Lipinski definition) is 1. The predicted molar refractivity (Wildman–Crippen MR) is 94.0 cm³/mol. The number of nitrogens with one attached hydrogen (secondary N) is 1. The van der Waals surface area contributed by atoms with Gasteiger partial charge in [-0.05, 0) is 53.1 Å². The van der Waals surface area contributed by atoms with Gasteiger partial charge in [0.05, 0.1) is 0 Å². The smallest absolute Gasteiger partial charge is 0.244 e. The Balaban J connectivity index is 1.47. The molecule has 0 aliphatic heterocycles. The zero-order valence-electron chi connectivity index (χ0n) is 13.0. The maximum atomic E-state index is 11.6. The van der Waals surface area contributed by atoms with Gasteiger partial charge in [0.1, 0.15) is 0 Å². The third kappa shape index (κ3) is 3.11. The Morgan fingerprint density at radius 3 is 2.70 bits per heavy atom. The van der Waals surface area contributed by atoms with E-state index in [4.69, 9.17) is 0 Å². The molecule has 0 spiro atoms. The first-order chi connectivity index (χ1) is 11.3. The van der Waals surface area contributed by atoms with E-state index in [1.165, 1.54) is 22.3 Å². The molecule has 0 bridgehead atoms. The summed E-state index contributed by atoms with van der Waals surface area (Å²) >= 11 is 0. The molecule has 23 heavy (non-hydrogen) atoms. The van der Waals surface area contributed by atoms with Crippen LogP contribution in [0, 0.1) is 0 Å². The Morgan fingerprint density at radius 1 is 1.00 bits per heavy atom. The van der Waals surface area contributed by atoms with E-state index in [1.807, 2.05) is 12.2 Å². The van der Waals surface area contributed by atoms with E-state index in [0.717, 1.165) is 24.8 Å². The summed E-state index contributed by atoms with van der Waals surface area (Å²) in [5, 5.41) is 2.94. The quantitative estimate of drug-likeness (QED) is 0.570. The number of hydrogen-bond donors (Lipinski definition) is 1. The van der Waals surface area contributed by atoms with Crippen LogP contribution in [0.15, 0.2) is 60.7 Å². The Kier molecular flexibility index (Phi) is 3.58. The van der Waals surface area contributed by atoms with Crippen molar-refractivity contribution in [2.24, 2.45) is 0 Å². The molecule has 1 saturated carbocycles. The van der Waals surface area contributed by atoms with Crippen LogP contribution in [-0.4, -0.2) is 11.9 Å². The van der Waals surface area contributed by atoms with Gasteiger partial charge in [0.25, 0.3) is 0 Å². The first kappa shape index (κ1) is 14.0. The lowest BCUT2D eigenvalue weighted by molar-refractivity contribution is -0.116. The van der Waals surface area contributed by atoms with Crippen LogP contribution in [0.2, 0.25) is 0 Å². The van der Waals surface area contributed by atoms with Gasteiger partial charge >= 0.3 is 0 Å². The summed E-state index contributed by atoms with van der Waals surface area (Å²) in [7, 11) is 0. The van der Waals surface area contributed by atoms with Gasteiger partial charge in [-0.15, -0.1) is 0 Å². The van der Waals surface area contributed by atoms with Crippen LogP contribution < -0.4 is 5.32 Å². The van der Waals surface area contributed by atoms with E-state index >= 15 is 0 Å². The van der Waals surface area contributed by atoms with Gasteiger partial charge in [-0.3, -0.25) is 4.79 Å². The standard InChI is InChI=1S/C21H19NO/c23-21(22-18-11-12-18)8-4-1-5-15-9-10-17-14-16-6-2-3-7-19(16)20(17)13-15/h1-10,13,18H,11-12,14H2,(H,22,23)/b5-1+,8-4+. The molecule has 2 aromatic carbocycles. The molecular formula is C21H19NO. The van der Waals surface area contributed by atoms with Crippen molar-refractivity contribution >= 4 is 12.0 Å². The monoisotopic (exact) mass is 301 g/mol. The van der Waals surface area contributed by atoms with E-state index in [1.54, 1.807) is 12.2 Å². The third-order valence-electron chi connectivity index (χ3n) is 4.39. The summed E-state index contributed by atoms with van der Waals surface area (Å²) in [6.07, 6.45) is 10.6. The predicted octanol–water partition coefficient (Wildman–Crippen LogP) is 4.11. The molecule has 2 aromatic rings. The second-order valence-corrected chi connectivity index (χ2v) is 6.25. The highest BCUT2D eigenvalue weighted by atomic mass is 16.1. The molecule has 0 atom stereocenters. The SMILES string of the molecule is O=C(/C=C/C=C/c1ccc2c(c1)-c1ccccc1C2)NC1CC1. The average Bonchev–Trinajstić information content (AvgIpc) is 3.30. The van der Waals surface area contributed by atoms with Crippen LogP contribution in [0.5, 0.6) is 0 Å². The molecule has 0 aromatic heterocycles. The highest BCUT2D eigenvalue weighted by Crippen LogP contribution is 2.36. The van der Waals surface area contributed by atoms with Gasteiger partial charge in [-0.2, -0.15) is 0 Å². The van der Waals surface area contributed by atoms with Crippen molar-refractivity contribution in [1.29, 1.82) is 0 Å². The van der Waals surface area contributed by atoms with Crippen molar-refractivity contribution < 1.29 is 4.79 Å². The van der Waals surface area contributed by atoms with Gasteiger partial charge in [0.15, 0.2) is 0 Å². The van der Waals surface area contributed by atoms with Crippen LogP contribution in [0.25, 0.3) is 17.2 Å². The van der Waals surface area contributed by atoms with Crippen LogP contribution >= 0.6 is 0 Å². The van der Waals surface area contributed by atoms with E-state index in [9.17, 15) is 4.79 Å². The molecular weight excluding hydrogens is 282 g/mol. The average molecular weight is 301 g/mol. The first-order valence-corrected chi connectivity index (χ1v) is 8.16. The van der Waals surface area contributed by atoms with Crippen molar-refractivity contribution in [1.82, 2.24) is 5.32 Å². The summed E-state index contributed by atoms with van der Waals surface area (Å²) in [4.78, 5) is 11.6. The highest BCUT2D eigenvalue weighted by molar-refractivity contribution is 5.88. The molecule has 0 radical (unpaired) electrons. The molecule has 0 saturated heterocycles. The number of carbonyl (C=O) groups is 1. The van der Waals surface area contributed by atoms with Gasteiger partial charge < -0.3 is 5.32 Å². The minimum absolute atomic E-state index is 0.0000284. The Hall–Kier alpha value is -2.61. The highest BCUT2D eigenvalue weighted by Gasteiger charge is 2.21. The van der Waals surface area contributed by atoms with Crippen molar-refractivity contribution in [2.75, 3.05) is 0 Å². The molecule has 2 heteroatoms. The molecule has 0 heterocycles. The lowest BCUT2D eigenvalue weighted by Crippen LogP contribution is -2.22. The zero-order chi connectivity index (χ0) is 15.6. The molecule has 2 aliphatic carbocycles. The summed E-state index contributed by atoms with van der Waals surface area (Å²) in [5.74, 6) is 0.0000284. The molecule has 114 valence electrons. The Bertz CT molecular complexity index is 812. The lowest BCUT2D eigenvalue weighted by atomic mass is 10.0. The fraction of sp³-hybridized carbons (Fsp3) is 0.190. The second-order valence-electron chi connectivity index (χ2n) is 6.25. The van der Waals surface area contributed by atoms with E-state index in [0.29, 0.717) is 6.04 Å². The van der Waals surface area contributed by atoms with Gasteiger partial charge in [0.2, 0.25) is 5.91 Å². The minimum atomic E-state index is 0.0000284.